The largest absolute Gasteiger partial charge is 0.310 e. The van der Waals surface area contributed by atoms with Crippen LogP contribution >= 0.6 is 0 Å². The average molecular weight is 479 g/mol. The van der Waals surface area contributed by atoms with Gasteiger partial charge in [0, 0.05) is 11.1 Å². The van der Waals surface area contributed by atoms with Gasteiger partial charge >= 0.3 is 0 Å². The van der Waals surface area contributed by atoms with Gasteiger partial charge in [-0.15, -0.1) is 0 Å². The van der Waals surface area contributed by atoms with Crippen molar-refractivity contribution in [2.24, 2.45) is 0 Å². The Balaban J connectivity index is 1.49. The summed E-state index contributed by atoms with van der Waals surface area (Å²) >= 11 is 0. The summed E-state index contributed by atoms with van der Waals surface area (Å²) in [5.41, 5.74) is 12.7. The second-order valence-electron chi connectivity index (χ2n) is 10.5. The van der Waals surface area contributed by atoms with Crippen LogP contribution in [0.1, 0.15) is 52.8 Å². The molecule has 0 spiro atoms. The van der Waals surface area contributed by atoms with Crippen molar-refractivity contribution in [1.82, 2.24) is 0 Å². The van der Waals surface area contributed by atoms with Gasteiger partial charge in [-0.25, -0.2) is 0 Å². The molecule has 0 saturated heterocycles. The molecule has 1 heteroatoms. The van der Waals surface area contributed by atoms with E-state index in [0.717, 1.165) is 0 Å². The van der Waals surface area contributed by atoms with Crippen LogP contribution in [0.15, 0.2) is 121 Å². The van der Waals surface area contributed by atoms with Gasteiger partial charge in [0.25, 0.3) is 0 Å². The van der Waals surface area contributed by atoms with E-state index in [1.165, 1.54) is 61.9 Å². The van der Waals surface area contributed by atoms with Gasteiger partial charge in [-0.05, 0) is 77.1 Å². The van der Waals surface area contributed by atoms with Crippen LogP contribution in [0, 0.1) is 19.8 Å². The number of fused-ring (bicyclic) bond motifs is 2. The number of hydrogen-bond donors (Lipinski definition) is 0. The Bertz CT molecular complexity index is 1480. The summed E-state index contributed by atoms with van der Waals surface area (Å²) in [6, 6.07) is 44.2. The van der Waals surface area contributed by atoms with E-state index in [1.807, 2.05) is 0 Å². The van der Waals surface area contributed by atoms with Gasteiger partial charge in [0.2, 0.25) is 0 Å². The molecule has 1 radical (unpaired) electrons. The zero-order chi connectivity index (χ0) is 25.6. The van der Waals surface area contributed by atoms with Crippen LogP contribution in [0.3, 0.4) is 0 Å². The minimum Gasteiger partial charge on any atom is -0.310 e. The fourth-order valence-electron chi connectivity index (χ4n) is 5.89. The first-order valence-corrected chi connectivity index (χ1v) is 13.1. The molecule has 1 nitrogen and oxygen atoms in total. The second kappa shape index (κ2) is 9.09. The third kappa shape index (κ3) is 3.86. The molecule has 0 saturated carbocycles. The van der Waals surface area contributed by atoms with Crippen LogP contribution in [0.2, 0.25) is 0 Å². The lowest BCUT2D eigenvalue weighted by Gasteiger charge is -2.42. The van der Waals surface area contributed by atoms with Crippen molar-refractivity contribution in [3.05, 3.63) is 166 Å². The van der Waals surface area contributed by atoms with Gasteiger partial charge in [-0.2, -0.15) is 0 Å². The summed E-state index contributed by atoms with van der Waals surface area (Å²) in [5, 5.41) is 0. The third-order valence-electron chi connectivity index (χ3n) is 7.88. The van der Waals surface area contributed by atoms with Gasteiger partial charge in [-0.1, -0.05) is 111 Å². The van der Waals surface area contributed by atoms with Gasteiger partial charge in [0.1, 0.15) is 0 Å². The van der Waals surface area contributed by atoms with Gasteiger partial charge in [0.05, 0.1) is 17.3 Å². The van der Waals surface area contributed by atoms with Crippen molar-refractivity contribution >= 4 is 17.1 Å². The first-order valence-electron chi connectivity index (χ1n) is 13.1. The van der Waals surface area contributed by atoms with Crippen LogP contribution in [0.25, 0.3) is 0 Å². The standard InChI is InChI=1S/C36H32N/c1-25-13-5-7-15-29(25)35(30-16-8-6-14-26(30)2)27-21-23-28(24-22-27)37-33-19-11-9-17-31(33)36(3,4)32-18-10-12-20-34(32)37/h5-24H,1-4H3. The Morgan fingerprint density at radius 2 is 0.946 bits per heavy atom. The molecule has 0 N–H and O–H groups in total. The number of hydrogen-bond acceptors (Lipinski definition) is 1. The Hall–Kier alpha value is -4.10. The maximum absolute atomic E-state index is 2.42. The predicted octanol–water partition coefficient (Wildman–Crippen LogP) is 9.43. The molecule has 1 aliphatic rings. The molecule has 5 aromatic carbocycles. The van der Waals surface area contributed by atoms with Crippen LogP contribution in [-0.4, -0.2) is 0 Å². The molecule has 181 valence electrons. The number of nitrogens with zero attached hydrogens (tertiary/aromatic N) is 1. The molecule has 1 aliphatic heterocycles. The highest BCUT2D eigenvalue weighted by atomic mass is 15.2. The van der Waals surface area contributed by atoms with Gasteiger partial charge < -0.3 is 4.90 Å². The summed E-state index contributed by atoms with van der Waals surface area (Å²) < 4.78 is 0. The summed E-state index contributed by atoms with van der Waals surface area (Å²) in [6.45, 7) is 9.06. The number of aryl methyl sites for hydroxylation is 2. The Morgan fingerprint density at radius 3 is 1.43 bits per heavy atom. The fraction of sp³-hybridized carbons (Fsp3) is 0.139. The predicted molar refractivity (Wildman–Crippen MR) is 156 cm³/mol. The zero-order valence-corrected chi connectivity index (χ0v) is 22.0. The van der Waals surface area contributed by atoms with Crippen molar-refractivity contribution in [1.29, 1.82) is 0 Å². The maximum Gasteiger partial charge on any atom is 0.0634 e. The highest BCUT2D eigenvalue weighted by molar-refractivity contribution is 5.86. The van der Waals surface area contributed by atoms with E-state index >= 15 is 0 Å². The van der Waals surface area contributed by atoms with Crippen molar-refractivity contribution in [3.63, 3.8) is 0 Å². The minimum absolute atomic E-state index is 0.0553. The first kappa shape index (κ1) is 23.3. The Kier molecular flexibility index (Phi) is 5.72. The average Bonchev–Trinajstić information content (AvgIpc) is 2.92. The molecule has 0 unspecified atom stereocenters. The maximum atomic E-state index is 2.42. The summed E-state index contributed by atoms with van der Waals surface area (Å²) in [7, 11) is 0. The molecule has 6 rings (SSSR count). The van der Waals surface area contributed by atoms with E-state index in [0.29, 0.717) is 0 Å². The quantitative estimate of drug-likeness (QED) is 0.233. The molecule has 0 aromatic heterocycles. The number of benzene rings is 5. The lowest BCUT2D eigenvalue weighted by atomic mass is 9.73. The lowest BCUT2D eigenvalue weighted by Crippen LogP contribution is -2.30. The smallest absolute Gasteiger partial charge is 0.0634 e. The summed E-state index contributed by atoms with van der Waals surface area (Å²) in [6.07, 6.45) is 0. The molecule has 37 heavy (non-hydrogen) atoms. The highest BCUT2D eigenvalue weighted by Gasteiger charge is 2.36. The van der Waals surface area contributed by atoms with Crippen molar-refractivity contribution in [2.75, 3.05) is 4.90 Å². The van der Waals surface area contributed by atoms with Crippen LogP contribution in [-0.2, 0) is 5.41 Å². The van der Waals surface area contributed by atoms with E-state index in [4.69, 9.17) is 0 Å². The minimum atomic E-state index is -0.0553. The molecular weight excluding hydrogens is 446 g/mol. The Morgan fingerprint density at radius 1 is 0.514 bits per heavy atom. The van der Waals surface area contributed by atoms with Crippen molar-refractivity contribution in [2.45, 2.75) is 33.1 Å². The normalized spacial score (nSPS) is 13.8. The molecule has 0 atom stereocenters. The number of para-hydroxylation sites is 2. The third-order valence-corrected chi connectivity index (χ3v) is 7.88. The molecular formula is C36H32N. The van der Waals surface area contributed by atoms with Crippen LogP contribution in [0.5, 0.6) is 0 Å². The molecule has 5 aromatic rings. The number of anilines is 3. The van der Waals surface area contributed by atoms with E-state index in [-0.39, 0.29) is 5.41 Å². The summed E-state index contributed by atoms with van der Waals surface area (Å²) in [5.74, 6) is 1.28. The molecule has 0 bridgehead atoms. The molecule has 0 amide bonds. The van der Waals surface area contributed by atoms with Gasteiger partial charge in [0.15, 0.2) is 0 Å². The number of rotatable bonds is 4. The second-order valence-corrected chi connectivity index (χ2v) is 10.5. The summed E-state index contributed by atoms with van der Waals surface area (Å²) in [4.78, 5) is 2.42. The van der Waals surface area contributed by atoms with Crippen LogP contribution < -0.4 is 4.90 Å². The zero-order valence-electron chi connectivity index (χ0n) is 22.0. The monoisotopic (exact) mass is 478 g/mol. The van der Waals surface area contributed by atoms with Gasteiger partial charge in [-0.3, -0.25) is 0 Å². The highest BCUT2D eigenvalue weighted by Crippen LogP contribution is 2.51. The van der Waals surface area contributed by atoms with Crippen molar-refractivity contribution < 1.29 is 0 Å². The molecule has 0 aliphatic carbocycles. The van der Waals surface area contributed by atoms with E-state index in [1.54, 1.807) is 0 Å². The molecule has 0 fully saturated rings. The van der Waals surface area contributed by atoms with Crippen molar-refractivity contribution in [3.8, 4) is 0 Å². The SMILES string of the molecule is Cc1ccccc1[C](c1ccc(N2c3ccccc3C(C)(C)c3ccccc32)cc1)c1ccccc1C. The Labute approximate surface area is 221 Å². The van der Waals surface area contributed by atoms with E-state index in [9.17, 15) is 0 Å². The first-order chi connectivity index (χ1) is 18.0. The molecule has 1 heterocycles. The van der Waals surface area contributed by atoms with E-state index < -0.39 is 0 Å². The lowest BCUT2D eigenvalue weighted by molar-refractivity contribution is 0.632. The fourth-order valence-corrected chi connectivity index (χ4v) is 5.89. The van der Waals surface area contributed by atoms with E-state index in [2.05, 4.69) is 154 Å². The topological polar surface area (TPSA) is 3.24 Å². The van der Waals surface area contributed by atoms with Crippen LogP contribution in [0.4, 0.5) is 17.1 Å².